The number of carbonyl (C=O) groups is 1. The van der Waals surface area contributed by atoms with Crippen LogP contribution in [0.3, 0.4) is 0 Å². The van der Waals surface area contributed by atoms with Crippen LogP contribution in [0.1, 0.15) is 19.3 Å². The van der Waals surface area contributed by atoms with Crippen molar-refractivity contribution in [2.24, 2.45) is 11.8 Å². The van der Waals surface area contributed by atoms with E-state index in [1.807, 2.05) is 0 Å². The Morgan fingerprint density at radius 1 is 1.43 bits per heavy atom. The minimum atomic E-state index is -0.0182. The fourth-order valence-corrected chi connectivity index (χ4v) is 2.43. The van der Waals surface area contributed by atoms with Crippen LogP contribution >= 0.6 is 0 Å². The predicted molar refractivity (Wildman–Crippen MR) is 50.7 cm³/mol. The van der Waals surface area contributed by atoms with Gasteiger partial charge in [-0.05, 0) is 25.2 Å². The largest absolute Gasteiger partial charge is 0.394 e. The van der Waals surface area contributed by atoms with E-state index in [9.17, 15) is 4.79 Å². The molecule has 14 heavy (non-hydrogen) atoms. The molecule has 0 aromatic carbocycles. The molecule has 1 amide bonds. The Kier molecular flexibility index (Phi) is 3.03. The summed E-state index contributed by atoms with van der Waals surface area (Å²) in [4.78, 5) is 11.6. The Balaban J connectivity index is 1.93. The molecule has 0 saturated carbocycles. The number of ether oxygens (including phenoxy) is 1. The average Bonchev–Trinajstić information content (AvgIpc) is 2.61. The molecule has 2 heterocycles. The summed E-state index contributed by atoms with van der Waals surface area (Å²) in [5, 5.41) is 11.8. The van der Waals surface area contributed by atoms with Crippen LogP contribution in [-0.2, 0) is 9.53 Å². The summed E-state index contributed by atoms with van der Waals surface area (Å²) in [5.74, 6) is 0.687. The molecule has 2 atom stereocenters. The standard InChI is InChI=1S/C10H17NO3/c12-6-8-5-9(10(13)11-8)7-1-3-14-4-2-7/h7-9,12H,1-6H2,(H,11,13)/t8-,9-/m0/s1. The van der Waals surface area contributed by atoms with E-state index in [0.717, 1.165) is 32.5 Å². The maximum absolute atomic E-state index is 11.6. The number of nitrogens with one attached hydrogen (secondary N) is 1. The summed E-state index contributed by atoms with van der Waals surface area (Å²) in [6.07, 6.45) is 2.76. The number of carbonyl (C=O) groups excluding carboxylic acids is 1. The molecule has 0 radical (unpaired) electrons. The van der Waals surface area contributed by atoms with E-state index in [1.165, 1.54) is 0 Å². The van der Waals surface area contributed by atoms with Crippen molar-refractivity contribution in [3.63, 3.8) is 0 Å². The van der Waals surface area contributed by atoms with Gasteiger partial charge in [0.05, 0.1) is 12.6 Å². The monoisotopic (exact) mass is 199 g/mol. The third-order valence-corrected chi connectivity index (χ3v) is 3.28. The molecule has 2 N–H and O–H groups in total. The second-order valence-corrected chi connectivity index (χ2v) is 4.18. The van der Waals surface area contributed by atoms with Crippen LogP contribution in [0, 0.1) is 11.8 Å². The summed E-state index contributed by atoms with van der Waals surface area (Å²) in [7, 11) is 0. The molecular formula is C10H17NO3. The molecule has 0 aliphatic carbocycles. The van der Waals surface area contributed by atoms with Crippen LogP contribution in [-0.4, -0.2) is 36.9 Å². The lowest BCUT2D eigenvalue weighted by molar-refractivity contribution is -0.125. The van der Waals surface area contributed by atoms with Gasteiger partial charge in [0.15, 0.2) is 0 Å². The van der Waals surface area contributed by atoms with Gasteiger partial charge in [-0.2, -0.15) is 0 Å². The molecule has 4 nitrogen and oxygen atoms in total. The third kappa shape index (κ3) is 1.91. The molecule has 4 heteroatoms. The Bertz CT molecular complexity index is 213. The van der Waals surface area contributed by atoms with Crippen molar-refractivity contribution < 1.29 is 14.6 Å². The van der Waals surface area contributed by atoms with E-state index in [1.54, 1.807) is 0 Å². The van der Waals surface area contributed by atoms with Gasteiger partial charge in [-0.15, -0.1) is 0 Å². The van der Waals surface area contributed by atoms with Crippen molar-refractivity contribution in [3.05, 3.63) is 0 Å². The summed E-state index contributed by atoms with van der Waals surface area (Å²) < 4.78 is 5.27. The van der Waals surface area contributed by atoms with Crippen molar-refractivity contribution in [1.82, 2.24) is 5.32 Å². The zero-order valence-electron chi connectivity index (χ0n) is 8.24. The van der Waals surface area contributed by atoms with Gasteiger partial charge in [0.25, 0.3) is 0 Å². The summed E-state index contributed by atoms with van der Waals surface area (Å²) in [6, 6.07) is -0.0182. The Labute approximate surface area is 83.6 Å². The molecule has 2 rings (SSSR count). The molecule has 0 unspecified atom stereocenters. The van der Waals surface area contributed by atoms with Crippen LogP contribution < -0.4 is 5.32 Å². The molecule has 2 saturated heterocycles. The number of aliphatic hydroxyl groups excluding tert-OH is 1. The fourth-order valence-electron chi connectivity index (χ4n) is 2.43. The molecule has 2 aliphatic heterocycles. The zero-order chi connectivity index (χ0) is 9.97. The second kappa shape index (κ2) is 4.28. The van der Waals surface area contributed by atoms with Gasteiger partial charge in [0, 0.05) is 19.1 Å². The van der Waals surface area contributed by atoms with Gasteiger partial charge in [-0.3, -0.25) is 4.79 Å². The highest BCUT2D eigenvalue weighted by Gasteiger charge is 2.37. The molecule has 0 bridgehead atoms. The molecule has 0 aromatic heterocycles. The zero-order valence-corrected chi connectivity index (χ0v) is 8.24. The van der Waals surface area contributed by atoms with Crippen LogP contribution in [0.2, 0.25) is 0 Å². The Morgan fingerprint density at radius 2 is 2.14 bits per heavy atom. The van der Waals surface area contributed by atoms with E-state index in [4.69, 9.17) is 9.84 Å². The summed E-state index contributed by atoms with van der Waals surface area (Å²) >= 11 is 0. The minimum absolute atomic E-state index is 0.0182. The van der Waals surface area contributed by atoms with Crippen molar-refractivity contribution in [3.8, 4) is 0 Å². The average molecular weight is 199 g/mol. The van der Waals surface area contributed by atoms with Crippen LogP contribution in [0.15, 0.2) is 0 Å². The number of hydrogen-bond acceptors (Lipinski definition) is 3. The molecule has 0 aromatic rings. The van der Waals surface area contributed by atoms with Crippen molar-refractivity contribution in [1.29, 1.82) is 0 Å². The van der Waals surface area contributed by atoms with Crippen molar-refractivity contribution in [2.45, 2.75) is 25.3 Å². The highest BCUT2D eigenvalue weighted by Crippen LogP contribution is 2.30. The molecule has 0 spiro atoms. The smallest absolute Gasteiger partial charge is 0.223 e. The first-order valence-corrected chi connectivity index (χ1v) is 5.30. The Hall–Kier alpha value is -0.610. The first-order chi connectivity index (χ1) is 6.81. The lowest BCUT2D eigenvalue weighted by atomic mass is 9.84. The number of rotatable bonds is 2. The van der Waals surface area contributed by atoms with Crippen molar-refractivity contribution in [2.75, 3.05) is 19.8 Å². The van der Waals surface area contributed by atoms with E-state index in [2.05, 4.69) is 5.32 Å². The lowest BCUT2D eigenvalue weighted by Gasteiger charge is -2.25. The van der Waals surface area contributed by atoms with Gasteiger partial charge < -0.3 is 15.2 Å². The third-order valence-electron chi connectivity index (χ3n) is 3.28. The molecular weight excluding hydrogens is 182 g/mol. The predicted octanol–water partition coefficient (Wildman–Crippen LogP) is -0.0900. The number of aliphatic hydroxyl groups is 1. The topological polar surface area (TPSA) is 58.6 Å². The SMILES string of the molecule is O=C1N[C@H](CO)C[C@H]1C1CCOCC1. The van der Waals surface area contributed by atoms with Gasteiger partial charge in [0.1, 0.15) is 0 Å². The lowest BCUT2D eigenvalue weighted by Crippen LogP contribution is -2.31. The van der Waals surface area contributed by atoms with E-state index in [0.29, 0.717) is 5.92 Å². The highest BCUT2D eigenvalue weighted by atomic mass is 16.5. The van der Waals surface area contributed by atoms with Gasteiger partial charge >= 0.3 is 0 Å². The molecule has 2 fully saturated rings. The number of hydrogen-bond donors (Lipinski definition) is 2. The second-order valence-electron chi connectivity index (χ2n) is 4.18. The van der Waals surface area contributed by atoms with Gasteiger partial charge in [-0.1, -0.05) is 0 Å². The molecule has 2 aliphatic rings. The maximum Gasteiger partial charge on any atom is 0.223 e. The maximum atomic E-state index is 11.6. The van der Waals surface area contributed by atoms with E-state index >= 15 is 0 Å². The molecule has 80 valence electrons. The van der Waals surface area contributed by atoms with Crippen LogP contribution in [0.25, 0.3) is 0 Å². The van der Waals surface area contributed by atoms with Crippen LogP contribution in [0.5, 0.6) is 0 Å². The normalized spacial score (nSPS) is 34.5. The number of amides is 1. The quantitative estimate of drug-likeness (QED) is 0.653. The first-order valence-electron chi connectivity index (χ1n) is 5.30. The fraction of sp³-hybridized carbons (Fsp3) is 0.900. The van der Waals surface area contributed by atoms with Gasteiger partial charge in [-0.25, -0.2) is 0 Å². The van der Waals surface area contributed by atoms with Gasteiger partial charge in [0.2, 0.25) is 5.91 Å². The summed E-state index contributed by atoms with van der Waals surface area (Å²) in [6.45, 7) is 1.61. The van der Waals surface area contributed by atoms with E-state index in [-0.39, 0.29) is 24.5 Å². The highest BCUT2D eigenvalue weighted by molar-refractivity contribution is 5.81. The summed E-state index contributed by atoms with van der Waals surface area (Å²) in [5.41, 5.74) is 0. The van der Waals surface area contributed by atoms with Crippen molar-refractivity contribution >= 4 is 5.91 Å². The Morgan fingerprint density at radius 3 is 2.71 bits per heavy atom. The minimum Gasteiger partial charge on any atom is -0.394 e. The first kappa shape index (κ1) is 9.93. The van der Waals surface area contributed by atoms with Crippen LogP contribution in [0.4, 0.5) is 0 Å². The van der Waals surface area contributed by atoms with E-state index < -0.39 is 0 Å².